The maximum absolute atomic E-state index is 5.92. The third kappa shape index (κ3) is 6.44. The van der Waals surface area contributed by atoms with Crippen LogP contribution in [0.4, 0.5) is 0 Å². The van der Waals surface area contributed by atoms with Crippen LogP contribution in [0, 0.1) is 0 Å². The zero-order valence-electron chi connectivity index (χ0n) is 15.2. The van der Waals surface area contributed by atoms with Gasteiger partial charge in [-0.1, -0.05) is 11.6 Å². The minimum atomic E-state index is 0. The van der Waals surface area contributed by atoms with E-state index in [0.717, 1.165) is 62.7 Å². The van der Waals surface area contributed by atoms with Crippen LogP contribution in [0.3, 0.4) is 0 Å². The second-order valence-corrected chi connectivity index (χ2v) is 7.92. The van der Waals surface area contributed by atoms with E-state index in [1.807, 2.05) is 30.9 Å². The smallest absolute Gasteiger partial charge is 0.193 e. The lowest BCUT2D eigenvalue weighted by atomic mass is 10.2. The number of rotatable bonds is 5. The van der Waals surface area contributed by atoms with Crippen molar-refractivity contribution in [1.29, 1.82) is 0 Å². The summed E-state index contributed by atoms with van der Waals surface area (Å²) in [5, 5.41) is 4.29. The molecule has 2 heterocycles. The van der Waals surface area contributed by atoms with Crippen LogP contribution in [-0.2, 0) is 4.74 Å². The van der Waals surface area contributed by atoms with Crippen LogP contribution in [0.5, 0.6) is 0 Å². The zero-order chi connectivity index (χ0) is 17.5. The second kappa shape index (κ2) is 11.6. The van der Waals surface area contributed by atoms with Gasteiger partial charge in [0.05, 0.1) is 13.2 Å². The molecule has 0 spiro atoms. The number of thioether (sulfide) groups is 1. The number of morpholine rings is 1. The van der Waals surface area contributed by atoms with Crippen molar-refractivity contribution in [3.63, 3.8) is 0 Å². The molecule has 2 aliphatic rings. The Kier molecular flexibility index (Phi) is 9.83. The number of nitrogens with one attached hydrogen (secondary N) is 1. The van der Waals surface area contributed by atoms with Crippen molar-refractivity contribution in [2.75, 3.05) is 58.7 Å². The Hall–Kier alpha value is -0.220. The molecule has 2 fully saturated rings. The van der Waals surface area contributed by atoms with E-state index in [2.05, 4.69) is 32.2 Å². The first-order valence-electron chi connectivity index (χ1n) is 8.92. The van der Waals surface area contributed by atoms with Crippen LogP contribution < -0.4 is 5.32 Å². The van der Waals surface area contributed by atoms with Crippen molar-refractivity contribution < 1.29 is 4.74 Å². The van der Waals surface area contributed by atoms with Gasteiger partial charge in [0.2, 0.25) is 0 Å². The number of halogens is 2. The summed E-state index contributed by atoms with van der Waals surface area (Å²) in [6.07, 6.45) is 1.21. The first-order valence-corrected chi connectivity index (χ1v) is 10.3. The molecule has 2 saturated heterocycles. The van der Waals surface area contributed by atoms with Crippen LogP contribution in [0.15, 0.2) is 34.2 Å². The highest BCUT2D eigenvalue weighted by Crippen LogP contribution is 2.20. The van der Waals surface area contributed by atoms with Gasteiger partial charge in [0.1, 0.15) is 0 Å². The Morgan fingerprint density at radius 1 is 1.27 bits per heavy atom. The van der Waals surface area contributed by atoms with Gasteiger partial charge >= 0.3 is 0 Å². The average molecular weight is 511 g/mol. The predicted octanol–water partition coefficient (Wildman–Crippen LogP) is 3.03. The predicted molar refractivity (Wildman–Crippen MR) is 121 cm³/mol. The molecule has 0 bridgehead atoms. The number of benzene rings is 1. The highest BCUT2D eigenvalue weighted by atomic mass is 127. The minimum absolute atomic E-state index is 0. The summed E-state index contributed by atoms with van der Waals surface area (Å²) in [5.41, 5.74) is 0. The quantitative estimate of drug-likeness (QED) is 0.217. The summed E-state index contributed by atoms with van der Waals surface area (Å²) in [5.74, 6) is 2.02. The van der Waals surface area contributed by atoms with Gasteiger partial charge in [0.25, 0.3) is 0 Å². The normalized spacial score (nSPS) is 21.5. The molecule has 0 amide bonds. The Labute approximate surface area is 182 Å². The lowest BCUT2D eigenvalue weighted by Crippen LogP contribution is -2.47. The topological polar surface area (TPSA) is 40.1 Å². The van der Waals surface area contributed by atoms with E-state index in [4.69, 9.17) is 16.3 Å². The number of likely N-dealkylation sites (tertiary alicyclic amines) is 1. The van der Waals surface area contributed by atoms with E-state index in [0.29, 0.717) is 6.04 Å². The Balaban J connectivity index is 0.00000243. The number of aliphatic imine (C=N–C) groups is 1. The number of guanidine groups is 1. The van der Waals surface area contributed by atoms with E-state index in [1.165, 1.54) is 11.3 Å². The van der Waals surface area contributed by atoms with Crippen LogP contribution in [0.2, 0.25) is 5.02 Å². The molecular formula is C18H28ClIN4OS. The highest BCUT2D eigenvalue weighted by molar-refractivity contribution is 14.0. The lowest BCUT2D eigenvalue weighted by molar-refractivity contribution is 0.0195. The van der Waals surface area contributed by atoms with Gasteiger partial charge in [0, 0.05) is 61.5 Å². The SMILES string of the molecule is CN=C(NCCSc1ccc(Cl)cc1)N1CCC(N2CCOCC2)C1.I. The van der Waals surface area contributed by atoms with Gasteiger partial charge in [-0.3, -0.25) is 9.89 Å². The molecule has 5 nitrogen and oxygen atoms in total. The summed E-state index contributed by atoms with van der Waals surface area (Å²) in [4.78, 5) is 10.7. The Morgan fingerprint density at radius 3 is 2.69 bits per heavy atom. The standard InChI is InChI=1S/C18H27ClN4OS.HI/c1-20-18(21-7-13-25-17-4-2-15(19)3-5-17)23-8-6-16(14-23)22-9-11-24-12-10-22;/h2-5,16H,6-14H2,1H3,(H,20,21);1H. The largest absolute Gasteiger partial charge is 0.379 e. The van der Waals surface area contributed by atoms with Crippen molar-refractivity contribution in [2.45, 2.75) is 17.4 Å². The van der Waals surface area contributed by atoms with E-state index in [-0.39, 0.29) is 24.0 Å². The number of hydrogen-bond acceptors (Lipinski definition) is 4. The van der Waals surface area contributed by atoms with Crippen molar-refractivity contribution in [3.05, 3.63) is 29.3 Å². The molecule has 1 unspecified atom stereocenters. The van der Waals surface area contributed by atoms with E-state index >= 15 is 0 Å². The van der Waals surface area contributed by atoms with Gasteiger partial charge in [-0.25, -0.2) is 0 Å². The van der Waals surface area contributed by atoms with E-state index in [9.17, 15) is 0 Å². The summed E-state index contributed by atoms with van der Waals surface area (Å²) < 4.78 is 5.46. The molecule has 0 saturated carbocycles. The molecule has 1 atom stereocenters. The van der Waals surface area contributed by atoms with Crippen molar-refractivity contribution in [3.8, 4) is 0 Å². The average Bonchev–Trinajstić information content (AvgIpc) is 3.14. The first-order chi connectivity index (χ1) is 12.3. The zero-order valence-corrected chi connectivity index (χ0v) is 19.1. The fourth-order valence-corrected chi connectivity index (χ4v) is 4.26. The maximum Gasteiger partial charge on any atom is 0.193 e. The second-order valence-electron chi connectivity index (χ2n) is 6.31. The molecule has 0 radical (unpaired) electrons. The summed E-state index contributed by atoms with van der Waals surface area (Å²) in [6, 6.07) is 8.63. The van der Waals surface area contributed by atoms with E-state index < -0.39 is 0 Å². The molecule has 2 aliphatic heterocycles. The third-order valence-electron chi connectivity index (χ3n) is 4.70. The fraction of sp³-hybridized carbons (Fsp3) is 0.611. The molecular weight excluding hydrogens is 483 g/mol. The number of nitrogens with zero attached hydrogens (tertiary/aromatic N) is 3. The number of ether oxygens (including phenoxy) is 1. The van der Waals surface area contributed by atoms with Gasteiger partial charge in [-0.05, 0) is 30.7 Å². The molecule has 1 aromatic carbocycles. The highest BCUT2D eigenvalue weighted by Gasteiger charge is 2.30. The molecule has 146 valence electrons. The Bertz CT molecular complexity index is 569. The van der Waals surface area contributed by atoms with Gasteiger partial charge < -0.3 is 15.0 Å². The fourth-order valence-electron chi connectivity index (χ4n) is 3.37. The summed E-state index contributed by atoms with van der Waals surface area (Å²) in [7, 11) is 1.87. The first kappa shape index (κ1) is 22.1. The number of hydrogen-bond donors (Lipinski definition) is 1. The van der Waals surface area contributed by atoms with Crippen LogP contribution in [-0.4, -0.2) is 80.5 Å². The third-order valence-corrected chi connectivity index (χ3v) is 5.97. The van der Waals surface area contributed by atoms with Crippen LogP contribution >= 0.6 is 47.3 Å². The molecule has 26 heavy (non-hydrogen) atoms. The van der Waals surface area contributed by atoms with Crippen molar-refractivity contribution in [2.24, 2.45) is 4.99 Å². The van der Waals surface area contributed by atoms with E-state index in [1.54, 1.807) is 0 Å². The molecule has 3 rings (SSSR count). The van der Waals surface area contributed by atoms with Gasteiger partial charge in [-0.2, -0.15) is 0 Å². The minimum Gasteiger partial charge on any atom is -0.379 e. The monoisotopic (exact) mass is 510 g/mol. The Morgan fingerprint density at radius 2 is 2.00 bits per heavy atom. The van der Waals surface area contributed by atoms with Gasteiger partial charge in [-0.15, -0.1) is 35.7 Å². The molecule has 1 N–H and O–H groups in total. The lowest BCUT2D eigenvalue weighted by Gasteiger charge is -2.32. The van der Waals surface area contributed by atoms with Crippen LogP contribution in [0.1, 0.15) is 6.42 Å². The van der Waals surface area contributed by atoms with Crippen LogP contribution in [0.25, 0.3) is 0 Å². The maximum atomic E-state index is 5.92. The summed E-state index contributed by atoms with van der Waals surface area (Å²) >= 11 is 7.75. The molecule has 0 aliphatic carbocycles. The molecule has 0 aromatic heterocycles. The van der Waals surface area contributed by atoms with Crippen molar-refractivity contribution >= 4 is 53.3 Å². The molecule has 8 heteroatoms. The van der Waals surface area contributed by atoms with Crippen molar-refractivity contribution in [1.82, 2.24) is 15.1 Å². The summed E-state index contributed by atoms with van der Waals surface area (Å²) in [6.45, 7) is 6.88. The van der Waals surface area contributed by atoms with Gasteiger partial charge in [0.15, 0.2) is 5.96 Å². The molecule has 1 aromatic rings.